The van der Waals surface area contributed by atoms with E-state index in [1.54, 1.807) is 27.8 Å². The predicted molar refractivity (Wildman–Crippen MR) is 81.0 cm³/mol. The van der Waals surface area contributed by atoms with Crippen LogP contribution in [0.5, 0.6) is 0 Å². The third-order valence-corrected chi connectivity index (χ3v) is 4.16. The Bertz CT molecular complexity index is 895. The number of nitrogens with zero attached hydrogens (tertiary/aromatic N) is 4. The van der Waals surface area contributed by atoms with Crippen LogP contribution in [0.1, 0.15) is 29.4 Å². The van der Waals surface area contributed by atoms with Crippen LogP contribution in [0.2, 0.25) is 0 Å². The largest absolute Gasteiger partial charge is 0.459 e. The lowest BCUT2D eigenvalue weighted by molar-refractivity contribution is 0.0647. The van der Waals surface area contributed by atoms with Crippen LogP contribution in [0.25, 0.3) is 11.2 Å². The van der Waals surface area contributed by atoms with E-state index in [0.29, 0.717) is 30.0 Å². The van der Waals surface area contributed by atoms with Gasteiger partial charge in [0, 0.05) is 13.1 Å². The molecule has 1 aliphatic rings. The molecule has 4 heterocycles. The van der Waals surface area contributed by atoms with Gasteiger partial charge in [-0.15, -0.1) is 0 Å². The Morgan fingerprint density at radius 1 is 1.43 bits per heavy atom. The lowest BCUT2D eigenvalue weighted by Crippen LogP contribution is -2.42. The van der Waals surface area contributed by atoms with Gasteiger partial charge in [-0.2, -0.15) is 0 Å². The fourth-order valence-corrected chi connectivity index (χ4v) is 3.12. The van der Waals surface area contributed by atoms with Crippen LogP contribution in [0.15, 0.2) is 40.1 Å². The van der Waals surface area contributed by atoms with Crippen LogP contribution in [-0.2, 0) is 0 Å². The first-order valence-electron chi connectivity index (χ1n) is 7.47. The molecule has 23 heavy (non-hydrogen) atoms. The number of hydrogen-bond acceptors (Lipinski definition) is 5. The summed E-state index contributed by atoms with van der Waals surface area (Å²) in [6.07, 6.45) is 6.12. The topological polar surface area (TPSA) is 97.0 Å². The van der Waals surface area contributed by atoms with Gasteiger partial charge in [0.05, 0.1) is 18.5 Å². The minimum Gasteiger partial charge on any atom is -0.459 e. The van der Waals surface area contributed by atoms with Gasteiger partial charge in [-0.05, 0) is 25.0 Å². The van der Waals surface area contributed by atoms with E-state index in [1.165, 1.54) is 12.6 Å². The second kappa shape index (κ2) is 5.38. The maximum Gasteiger partial charge on any atom is 0.328 e. The van der Waals surface area contributed by atoms with Gasteiger partial charge in [0.25, 0.3) is 5.91 Å². The minimum absolute atomic E-state index is 0.112. The number of rotatable bonds is 2. The molecule has 0 aromatic carbocycles. The van der Waals surface area contributed by atoms with E-state index >= 15 is 0 Å². The van der Waals surface area contributed by atoms with E-state index in [4.69, 9.17) is 4.42 Å². The number of H-pyrrole nitrogens is 1. The Kier molecular flexibility index (Phi) is 3.22. The SMILES string of the molecule is O=C(c1ccco1)N1CCC[C@@H](n2c(=O)[nH]c3cncnc32)C1. The molecule has 1 N–H and O–H groups in total. The maximum atomic E-state index is 12.4. The summed E-state index contributed by atoms with van der Waals surface area (Å²) in [7, 11) is 0. The van der Waals surface area contributed by atoms with Crippen molar-refractivity contribution in [3.05, 3.63) is 47.2 Å². The molecule has 0 unspecified atom stereocenters. The number of amides is 1. The summed E-state index contributed by atoms with van der Waals surface area (Å²) in [4.78, 5) is 37.3. The van der Waals surface area contributed by atoms with Gasteiger partial charge < -0.3 is 14.3 Å². The number of hydrogen-bond donors (Lipinski definition) is 1. The van der Waals surface area contributed by atoms with Crippen molar-refractivity contribution in [1.29, 1.82) is 0 Å². The van der Waals surface area contributed by atoms with E-state index in [9.17, 15) is 9.59 Å². The first kappa shape index (κ1) is 13.7. The highest BCUT2D eigenvalue weighted by atomic mass is 16.3. The van der Waals surface area contributed by atoms with E-state index in [0.717, 1.165) is 12.8 Å². The molecule has 1 fully saturated rings. The third-order valence-electron chi connectivity index (χ3n) is 4.16. The highest BCUT2D eigenvalue weighted by Crippen LogP contribution is 2.24. The van der Waals surface area contributed by atoms with Crippen LogP contribution in [0, 0.1) is 0 Å². The number of carbonyl (C=O) groups excluding carboxylic acids is 1. The quantitative estimate of drug-likeness (QED) is 0.766. The van der Waals surface area contributed by atoms with Gasteiger partial charge in [0.2, 0.25) is 0 Å². The van der Waals surface area contributed by atoms with Crippen LogP contribution >= 0.6 is 0 Å². The molecule has 3 aromatic rings. The number of fused-ring (bicyclic) bond motifs is 1. The maximum absolute atomic E-state index is 12.4. The molecular formula is C15H15N5O3. The highest BCUT2D eigenvalue weighted by molar-refractivity contribution is 5.91. The molecule has 0 radical (unpaired) electrons. The fourth-order valence-electron chi connectivity index (χ4n) is 3.12. The van der Waals surface area contributed by atoms with Crippen molar-refractivity contribution in [2.24, 2.45) is 0 Å². The van der Waals surface area contributed by atoms with Crippen LogP contribution in [-0.4, -0.2) is 43.4 Å². The van der Waals surface area contributed by atoms with Gasteiger partial charge >= 0.3 is 5.69 Å². The first-order valence-corrected chi connectivity index (χ1v) is 7.47. The van der Waals surface area contributed by atoms with Crippen LogP contribution < -0.4 is 5.69 Å². The molecule has 118 valence electrons. The summed E-state index contributed by atoms with van der Waals surface area (Å²) in [6.45, 7) is 1.11. The molecule has 0 saturated carbocycles. The molecule has 8 heteroatoms. The van der Waals surface area contributed by atoms with Gasteiger partial charge in [-0.3, -0.25) is 9.36 Å². The zero-order valence-electron chi connectivity index (χ0n) is 12.3. The number of furan rings is 1. The number of nitrogens with one attached hydrogen (secondary N) is 1. The van der Waals surface area contributed by atoms with E-state index in [-0.39, 0.29) is 17.6 Å². The molecular weight excluding hydrogens is 298 g/mol. The number of aromatic nitrogens is 4. The van der Waals surface area contributed by atoms with E-state index in [2.05, 4.69) is 15.0 Å². The lowest BCUT2D eigenvalue weighted by atomic mass is 10.1. The summed E-state index contributed by atoms with van der Waals surface area (Å²) in [5.74, 6) is 0.168. The standard InChI is InChI=1S/C15H15N5O3/c21-14(12-4-2-6-23-12)19-5-1-3-10(8-19)20-13-11(18-15(20)22)7-16-9-17-13/h2,4,6-7,9-10H,1,3,5,8H2,(H,18,22)/t10-/m1/s1. The molecule has 3 aromatic heterocycles. The van der Waals surface area contributed by atoms with Crippen molar-refractivity contribution >= 4 is 17.1 Å². The number of aromatic amines is 1. The smallest absolute Gasteiger partial charge is 0.328 e. The number of carbonyl (C=O) groups is 1. The Balaban J connectivity index is 1.65. The van der Waals surface area contributed by atoms with Crippen molar-refractivity contribution < 1.29 is 9.21 Å². The van der Waals surface area contributed by atoms with Crippen LogP contribution in [0.3, 0.4) is 0 Å². The molecule has 1 saturated heterocycles. The summed E-state index contributed by atoms with van der Waals surface area (Å²) in [5, 5.41) is 0. The second-order valence-corrected chi connectivity index (χ2v) is 5.58. The lowest BCUT2D eigenvalue weighted by Gasteiger charge is -2.32. The number of likely N-dealkylation sites (tertiary alicyclic amines) is 1. The van der Waals surface area contributed by atoms with Crippen molar-refractivity contribution in [3.63, 3.8) is 0 Å². The Morgan fingerprint density at radius 2 is 2.35 bits per heavy atom. The van der Waals surface area contributed by atoms with Crippen molar-refractivity contribution in [2.75, 3.05) is 13.1 Å². The Labute approximate surface area is 130 Å². The van der Waals surface area contributed by atoms with Crippen molar-refractivity contribution in [1.82, 2.24) is 24.4 Å². The first-order chi connectivity index (χ1) is 11.2. The molecule has 0 bridgehead atoms. The molecule has 0 spiro atoms. The van der Waals surface area contributed by atoms with Crippen molar-refractivity contribution in [2.45, 2.75) is 18.9 Å². The summed E-state index contributed by atoms with van der Waals surface area (Å²) in [5.41, 5.74) is 0.951. The second-order valence-electron chi connectivity index (χ2n) is 5.58. The number of piperidine rings is 1. The zero-order chi connectivity index (χ0) is 15.8. The molecule has 1 amide bonds. The molecule has 8 nitrogen and oxygen atoms in total. The Hall–Kier alpha value is -2.90. The van der Waals surface area contributed by atoms with E-state index in [1.807, 2.05) is 0 Å². The normalized spacial score (nSPS) is 18.4. The molecule has 1 atom stereocenters. The van der Waals surface area contributed by atoms with Gasteiger partial charge in [0.15, 0.2) is 11.4 Å². The van der Waals surface area contributed by atoms with Crippen LogP contribution in [0.4, 0.5) is 0 Å². The third kappa shape index (κ3) is 2.32. The monoisotopic (exact) mass is 313 g/mol. The fraction of sp³-hybridized carbons (Fsp3) is 0.333. The van der Waals surface area contributed by atoms with Gasteiger partial charge in [-0.25, -0.2) is 14.8 Å². The summed E-state index contributed by atoms with van der Waals surface area (Å²) < 4.78 is 6.81. The molecule has 0 aliphatic carbocycles. The molecule has 1 aliphatic heterocycles. The van der Waals surface area contributed by atoms with Crippen molar-refractivity contribution in [3.8, 4) is 0 Å². The predicted octanol–water partition coefficient (Wildman–Crippen LogP) is 1.19. The molecule has 4 rings (SSSR count). The Morgan fingerprint density at radius 3 is 3.17 bits per heavy atom. The summed E-state index contributed by atoms with van der Waals surface area (Å²) in [6, 6.07) is 3.23. The van der Waals surface area contributed by atoms with Gasteiger partial charge in [0.1, 0.15) is 11.8 Å². The van der Waals surface area contributed by atoms with Gasteiger partial charge in [-0.1, -0.05) is 0 Å². The zero-order valence-corrected chi connectivity index (χ0v) is 12.3. The summed E-state index contributed by atoms with van der Waals surface area (Å²) >= 11 is 0. The number of imidazole rings is 1. The van der Waals surface area contributed by atoms with E-state index < -0.39 is 0 Å². The minimum atomic E-state index is -0.224. The average molecular weight is 313 g/mol. The highest BCUT2D eigenvalue weighted by Gasteiger charge is 2.28. The average Bonchev–Trinajstić information content (AvgIpc) is 3.21.